The van der Waals surface area contributed by atoms with Crippen molar-refractivity contribution in [3.05, 3.63) is 0 Å². The zero-order valence-corrected chi connectivity index (χ0v) is 6.06. The molecule has 9 heavy (non-hydrogen) atoms. The van der Waals surface area contributed by atoms with E-state index in [1.807, 2.05) is 0 Å². The van der Waals surface area contributed by atoms with Crippen LogP contribution in [0.25, 0.3) is 0 Å². The third-order valence-electron chi connectivity index (χ3n) is 1.68. The predicted octanol–water partition coefficient (Wildman–Crippen LogP) is -0.446. The first-order valence-electron chi connectivity index (χ1n) is 2.87. The first-order valence-corrected chi connectivity index (χ1v) is 4.82. The monoisotopic (exact) mass is 150 g/mol. The summed E-state index contributed by atoms with van der Waals surface area (Å²) in [5.41, 5.74) is 0. The van der Waals surface area contributed by atoms with Crippen molar-refractivity contribution in [1.82, 2.24) is 0 Å². The lowest BCUT2D eigenvalue weighted by molar-refractivity contribution is 0.0979. The Balaban J connectivity index is 2.51. The van der Waals surface area contributed by atoms with Gasteiger partial charge in [0.25, 0.3) is 0 Å². The first-order chi connectivity index (χ1) is 4.00. The van der Waals surface area contributed by atoms with E-state index in [1.165, 1.54) is 6.26 Å². The van der Waals surface area contributed by atoms with Crippen LogP contribution in [-0.4, -0.2) is 31.1 Å². The maximum atomic E-state index is 10.6. The molecular weight excluding hydrogens is 140 g/mol. The molecule has 4 heteroatoms. The summed E-state index contributed by atoms with van der Waals surface area (Å²) in [6.07, 6.45) is 1.70. The molecule has 1 aliphatic rings. The van der Waals surface area contributed by atoms with Gasteiger partial charge < -0.3 is 5.11 Å². The molecule has 0 aromatic carbocycles. The Morgan fingerprint density at radius 1 is 1.44 bits per heavy atom. The van der Waals surface area contributed by atoms with Crippen LogP contribution in [0.2, 0.25) is 0 Å². The van der Waals surface area contributed by atoms with E-state index in [2.05, 4.69) is 0 Å². The molecule has 1 rings (SSSR count). The molecule has 1 N–H and O–H groups in total. The quantitative estimate of drug-likeness (QED) is 0.551. The van der Waals surface area contributed by atoms with Crippen LogP contribution < -0.4 is 0 Å². The number of aliphatic hydroxyl groups is 1. The third kappa shape index (κ3) is 1.43. The van der Waals surface area contributed by atoms with Crippen molar-refractivity contribution in [2.75, 3.05) is 6.26 Å². The number of aliphatic hydroxyl groups excluding tert-OH is 1. The maximum absolute atomic E-state index is 10.6. The van der Waals surface area contributed by atoms with Crippen LogP contribution in [0.4, 0.5) is 0 Å². The van der Waals surface area contributed by atoms with Crippen LogP contribution in [-0.2, 0) is 9.84 Å². The van der Waals surface area contributed by atoms with E-state index >= 15 is 0 Å². The molecular formula is C5H10O3S. The summed E-state index contributed by atoms with van der Waals surface area (Å²) in [5, 5.41) is 8.45. The molecule has 0 unspecified atom stereocenters. The second kappa shape index (κ2) is 1.95. The van der Waals surface area contributed by atoms with Crippen LogP contribution in [0.15, 0.2) is 0 Å². The number of rotatable bonds is 1. The predicted molar refractivity (Wildman–Crippen MR) is 33.9 cm³/mol. The van der Waals surface area contributed by atoms with Crippen molar-refractivity contribution in [2.45, 2.75) is 24.2 Å². The van der Waals surface area contributed by atoms with Gasteiger partial charge in [0, 0.05) is 6.26 Å². The van der Waals surface area contributed by atoms with Crippen LogP contribution in [0.5, 0.6) is 0 Å². The number of hydrogen-bond acceptors (Lipinski definition) is 3. The van der Waals surface area contributed by atoms with Gasteiger partial charge >= 0.3 is 0 Å². The summed E-state index contributed by atoms with van der Waals surface area (Å²) in [6.45, 7) is 0. The maximum Gasteiger partial charge on any atom is 0.150 e. The van der Waals surface area contributed by atoms with Crippen LogP contribution in [0.1, 0.15) is 12.8 Å². The van der Waals surface area contributed by atoms with Crippen molar-refractivity contribution in [2.24, 2.45) is 0 Å². The minimum Gasteiger partial charge on any atom is -0.393 e. The highest BCUT2D eigenvalue weighted by atomic mass is 32.2. The van der Waals surface area contributed by atoms with E-state index in [-0.39, 0.29) is 11.4 Å². The van der Waals surface area contributed by atoms with Crippen molar-refractivity contribution < 1.29 is 13.5 Å². The lowest BCUT2D eigenvalue weighted by Crippen LogP contribution is -2.38. The molecule has 0 aromatic rings. The molecule has 0 amide bonds. The molecule has 1 aliphatic carbocycles. The van der Waals surface area contributed by atoms with Crippen molar-refractivity contribution in [3.63, 3.8) is 0 Å². The van der Waals surface area contributed by atoms with Gasteiger partial charge in [0.15, 0.2) is 9.84 Å². The smallest absolute Gasteiger partial charge is 0.150 e. The van der Waals surface area contributed by atoms with E-state index in [0.717, 1.165) is 0 Å². The van der Waals surface area contributed by atoms with Gasteiger partial charge in [0.2, 0.25) is 0 Å². The van der Waals surface area contributed by atoms with E-state index in [1.54, 1.807) is 0 Å². The molecule has 0 aromatic heterocycles. The minimum atomic E-state index is -2.86. The molecule has 0 heterocycles. The van der Waals surface area contributed by atoms with Gasteiger partial charge in [-0.25, -0.2) is 8.42 Å². The summed E-state index contributed by atoms with van der Waals surface area (Å²) < 4.78 is 21.3. The molecule has 0 radical (unpaired) electrons. The average Bonchev–Trinajstić information content (AvgIpc) is 1.55. The topological polar surface area (TPSA) is 54.4 Å². The van der Waals surface area contributed by atoms with Gasteiger partial charge in [-0.3, -0.25) is 0 Å². The fourth-order valence-corrected chi connectivity index (χ4v) is 2.03. The third-order valence-corrected chi connectivity index (χ3v) is 3.27. The molecule has 1 fully saturated rings. The van der Waals surface area contributed by atoms with E-state index in [0.29, 0.717) is 12.8 Å². The molecule has 0 spiro atoms. The molecule has 54 valence electrons. The highest BCUT2D eigenvalue weighted by Crippen LogP contribution is 2.25. The normalized spacial score (nSPS) is 35.8. The Kier molecular flexibility index (Phi) is 1.52. The Morgan fingerprint density at radius 3 is 2.00 bits per heavy atom. The van der Waals surface area contributed by atoms with Gasteiger partial charge in [-0.05, 0) is 12.8 Å². The van der Waals surface area contributed by atoms with E-state index in [4.69, 9.17) is 5.11 Å². The largest absolute Gasteiger partial charge is 0.393 e. The number of hydrogen-bond donors (Lipinski definition) is 1. The molecule has 0 atom stereocenters. The zero-order chi connectivity index (χ0) is 7.07. The van der Waals surface area contributed by atoms with Gasteiger partial charge in [-0.1, -0.05) is 0 Å². The summed E-state index contributed by atoms with van der Waals surface area (Å²) in [4.78, 5) is 0. The Hall–Kier alpha value is -0.0900. The van der Waals surface area contributed by atoms with Crippen molar-refractivity contribution in [1.29, 1.82) is 0 Å². The summed E-state index contributed by atoms with van der Waals surface area (Å²) >= 11 is 0. The SMILES string of the molecule is CS(=O)(=O)[C@H]1C[C@H](O)C1. The fourth-order valence-electron chi connectivity index (χ4n) is 0.887. The van der Waals surface area contributed by atoms with Crippen LogP contribution in [0.3, 0.4) is 0 Å². The lowest BCUT2D eigenvalue weighted by atomic mass is 9.96. The highest BCUT2D eigenvalue weighted by molar-refractivity contribution is 7.91. The van der Waals surface area contributed by atoms with Crippen LogP contribution >= 0.6 is 0 Å². The molecule has 3 nitrogen and oxygen atoms in total. The van der Waals surface area contributed by atoms with E-state index < -0.39 is 9.84 Å². The summed E-state index contributed by atoms with van der Waals surface area (Å²) in [5.74, 6) is 0. The Morgan fingerprint density at radius 2 is 1.89 bits per heavy atom. The molecule has 0 bridgehead atoms. The Labute approximate surface area is 54.6 Å². The second-order valence-corrected chi connectivity index (χ2v) is 4.90. The molecule has 0 aliphatic heterocycles. The average molecular weight is 150 g/mol. The summed E-state index contributed by atoms with van der Waals surface area (Å²) in [6, 6.07) is 0. The summed E-state index contributed by atoms with van der Waals surface area (Å²) in [7, 11) is -2.86. The van der Waals surface area contributed by atoms with Gasteiger partial charge in [0.05, 0.1) is 11.4 Å². The fraction of sp³-hybridized carbons (Fsp3) is 1.00. The standard InChI is InChI=1S/C5H10O3S/c1-9(7,8)5-2-4(6)3-5/h4-6H,2-3H2,1H3/t4-,5-. The van der Waals surface area contributed by atoms with Gasteiger partial charge in [-0.2, -0.15) is 0 Å². The Bertz CT molecular complexity index is 188. The van der Waals surface area contributed by atoms with E-state index in [9.17, 15) is 8.42 Å². The second-order valence-electron chi connectivity index (χ2n) is 2.58. The van der Waals surface area contributed by atoms with Crippen LogP contribution in [0, 0.1) is 0 Å². The van der Waals surface area contributed by atoms with Crippen molar-refractivity contribution in [3.8, 4) is 0 Å². The first kappa shape index (κ1) is 7.02. The molecule has 1 saturated carbocycles. The van der Waals surface area contributed by atoms with Gasteiger partial charge in [0.1, 0.15) is 0 Å². The number of sulfone groups is 1. The minimum absolute atomic E-state index is 0.271. The van der Waals surface area contributed by atoms with Gasteiger partial charge in [-0.15, -0.1) is 0 Å². The lowest BCUT2D eigenvalue weighted by Gasteiger charge is -2.29. The highest BCUT2D eigenvalue weighted by Gasteiger charge is 2.34. The zero-order valence-electron chi connectivity index (χ0n) is 5.24. The molecule has 0 saturated heterocycles. The van der Waals surface area contributed by atoms with Crippen molar-refractivity contribution >= 4 is 9.84 Å².